The molecule has 6 aromatic rings. The van der Waals surface area contributed by atoms with Gasteiger partial charge >= 0.3 is 0 Å². The van der Waals surface area contributed by atoms with Gasteiger partial charge < -0.3 is 41.0 Å². The Kier molecular flexibility index (Phi) is 14.9. The maximum absolute atomic E-state index is 12.9. The number of anilines is 2. The number of aromatic nitrogens is 2. The van der Waals surface area contributed by atoms with Gasteiger partial charge in [0.05, 0.1) is 39.2 Å². The van der Waals surface area contributed by atoms with E-state index in [9.17, 15) is 9.59 Å². The molecule has 0 aliphatic carbocycles. The number of carbonyl (C=O) groups is 2. The molecule has 0 atom stereocenters. The molecule has 0 bridgehead atoms. The first-order valence-corrected chi connectivity index (χ1v) is 21.2. The first kappa shape index (κ1) is 42.9. The highest BCUT2D eigenvalue weighted by atomic mass is 33.1. The van der Waals surface area contributed by atoms with E-state index in [-0.39, 0.29) is 24.9 Å². The van der Waals surface area contributed by atoms with Gasteiger partial charge in [0.15, 0.2) is 46.8 Å². The highest BCUT2D eigenvalue weighted by Crippen LogP contribution is 2.42. The predicted octanol–water partition coefficient (Wildman–Crippen LogP) is 6.91. The van der Waals surface area contributed by atoms with Crippen molar-refractivity contribution in [1.82, 2.24) is 10.6 Å². The number of hydrogen-bond acceptors (Lipinski definition) is 14. The molecule has 2 amide bonds. The number of amides is 2. The number of methoxy groups -OCH3 is 4. The Bertz CT molecular complexity index is 2330. The minimum Gasteiger partial charge on any atom is -0.494 e. The third-order valence-electron chi connectivity index (χ3n) is 9.05. The van der Waals surface area contributed by atoms with Crippen LogP contribution in [-0.4, -0.2) is 64.8 Å². The van der Waals surface area contributed by atoms with E-state index in [4.69, 9.17) is 30.4 Å². The van der Waals surface area contributed by atoms with Gasteiger partial charge in [0, 0.05) is 84.5 Å². The number of para-hydroxylation sites is 2. The Morgan fingerprint density at radius 2 is 0.933 bits per heavy atom. The first-order valence-electron chi connectivity index (χ1n) is 18.7. The van der Waals surface area contributed by atoms with Crippen LogP contribution in [0.3, 0.4) is 0 Å². The second kappa shape index (κ2) is 20.9. The van der Waals surface area contributed by atoms with Crippen LogP contribution >= 0.6 is 21.6 Å². The van der Waals surface area contributed by atoms with Crippen LogP contribution in [0.2, 0.25) is 0 Å². The average molecular weight is 851 g/mol. The largest absolute Gasteiger partial charge is 0.494 e. The summed E-state index contributed by atoms with van der Waals surface area (Å²) in [6.07, 6.45) is 3.63. The fraction of sp³-hybridized carbons (Fsp3) is 0.238. The molecular formula is C42H46N10O6S2+2. The summed E-state index contributed by atoms with van der Waals surface area (Å²) >= 11 is 0. The first-order chi connectivity index (χ1) is 29.2. The van der Waals surface area contributed by atoms with Crippen molar-refractivity contribution in [2.45, 2.75) is 13.1 Å². The minimum absolute atomic E-state index is 0.114. The lowest BCUT2D eigenvalue weighted by Crippen LogP contribution is -2.43. The van der Waals surface area contributed by atoms with Crippen LogP contribution in [-0.2, 0) is 22.7 Å². The number of ether oxygens (including phenoxy) is 4. The predicted molar refractivity (Wildman–Crippen MR) is 235 cm³/mol. The van der Waals surface area contributed by atoms with Crippen LogP contribution in [0.4, 0.5) is 34.1 Å². The number of hydrogen-bond donors (Lipinski definition) is 4. The van der Waals surface area contributed by atoms with Crippen LogP contribution in [0, 0.1) is 0 Å². The number of benzene rings is 4. The average Bonchev–Trinajstić information content (AvgIpc) is 3.26. The fourth-order valence-electron chi connectivity index (χ4n) is 6.23. The van der Waals surface area contributed by atoms with Gasteiger partial charge in [-0.2, -0.15) is 9.13 Å². The SMILES string of the molecule is COc1cc(N)cc(OC)c1N=Nc1cc[n+](CC(=O)NCCSSCCNC(=O)C[n+]2ccc(N=Nc3c(OC)cc(N)cc3OC)c3ccccc32)c2ccccc12. The van der Waals surface area contributed by atoms with E-state index in [1.807, 2.05) is 82.2 Å². The van der Waals surface area contributed by atoms with Gasteiger partial charge in [-0.15, -0.1) is 20.5 Å². The molecule has 4 aromatic carbocycles. The van der Waals surface area contributed by atoms with Crippen LogP contribution in [0.25, 0.3) is 21.8 Å². The van der Waals surface area contributed by atoms with Crippen molar-refractivity contribution in [3.63, 3.8) is 0 Å². The highest BCUT2D eigenvalue weighted by Gasteiger charge is 2.19. The Hall–Kier alpha value is -6.66. The molecule has 2 heterocycles. The number of pyridine rings is 2. The monoisotopic (exact) mass is 850 g/mol. The zero-order valence-electron chi connectivity index (χ0n) is 33.6. The van der Waals surface area contributed by atoms with Gasteiger partial charge in [-0.3, -0.25) is 9.59 Å². The van der Waals surface area contributed by atoms with Crippen molar-refractivity contribution in [3.05, 3.63) is 97.3 Å². The fourth-order valence-corrected chi connectivity index (χ4v) is 8.04. The molecule has 0 aliphatic rings. The van der Waals surface area contributed by atoms with Crippen LogP contribution < -0.4 is 50.2 Å². The minimum atomic E-state index is -0.114. The Morgan fingerprint density at radius 3 is 1.30 bits per heavy atom. The molecule has 310 valence electrons. The van der Waals surface area contributed by atoms with Crippen molar-refractivity contribution in [2.24, 2.45) is 20.5 Å². The molecule has 6 N–H and O–H groups in total. The zero-order valence-corrected chi connectivity index (χ0v) is 35.2. The Morgan fingerprint density at radius 1 is 0.567 bits per heavy atom. The molecule has 6 rings (SSSR count). The smallest absolute Gasteiger partial charge is 0.286 e. The van der Waals surface area contributed by atoms with Crippen molar-refractivity contribution < 1.29 is 37.7 Å². The summed E-state index contributed by atoms with van der Waals surface area (Å²) in [5.41, 5.74) is 16.6. The third-order valence-corrected chi connectivity index (χ3v) is 11.5. The van der Waals surface area contributed by atoms with Crippen molar-refractivity contribution in [3.8, 4) is 23.0 Å². The molecule has 0 radical (unpaired) electrons. The Labute approximate surface area is 354 Å². The lowest BCUT2D eigenvalue weighted by Gasteiger charge is -2.10. The van der Waals surface area contributed by atoms with Crippen LogP contribution in [0.5, 0.6) is 23.0 Å². The lowest BCUT2D eigenvalue weighted by molar-refractivity contribution is -0.658. The number of rotatable bonds is 19. The quantitative estimate of drug-likeness (QED) is 0.0218. The zero-order chi connectivity index (χ0) is 42.4. The second-order valence-electron chi connectivity index (χ2n) is 13.0. The summed E-state index contributed by atoms with van der Waals surface area (Å²) in [7, 11) is 9.38. The normalized spacial score (nSPS) is 11.3. The molecule has 60 heavy (non-hydrogen) atoms. The third kappa shape index (κ3) is 10.7. The van der Waals surface area contributed by atoms with Gasteiger partial charge in [-0.25, -0.2) is 0 Å². The van der Waals surface area contributed by atoms with Crippen molar-refractivity contribution >= 4 is 89.3 Å². The maximum Gasteiger partial charge on any atom is 0.286 e. The van der Waals surface area contributed by atoms with Gasteiger partial charge in [0.2, 0.25) is 24.1 Å². The molecule has 0 aliphatic heterocycles. The van der Waals surface area contributed by atoms with E-state index in [0.29, 0.717) is 81.7 Å². The molecule has 0 fully saturated rings. The molecule has 0 spiro atoms. The molecule has 16 nitrogen and oxygen atoms in total. The summed E-state index contributed by atoms with van der Waals surface area (Å²) < 4.78 is 25.5. The van der Waals surface area contributed by atoms with Gasteiger partial charge in [0.25, 0.3) is 11.8 Å². The van der Waals surface area contributed by atoms with Gasteiger partial charge in [-0.1, -0.05) is 45.9 Å². The molecular weight excluding hydrogens is 805 g/mol. The van der Waals surface area contributed by atoms with E-state index in [1.54, 1.807) is 45.9 Å². The number of nitrogens with one attached hydrogen (secondary N) is 2. The van der Waals surface area contributed by atoms with Gasteiger partial charge in [0.1, 0.15) is 11.4 Å². The standard InChI is InChI=1S/C42H44N10O6S2/c1-55-35-21-27(43)22-36(56-2)41(35)49-47-31-13-17-51(33-11-7-5-9-29(31)33)25-39(53)45-15-19-59-60-20-16-46-40(54)26-52-18-14-32(30-10-6-8-12-34(30)52)48-50-42-37(57-3)23-28(44)24-38(42)58-4/h5-14,17-18,21-24,43-44H,15-16,19-20,25-26H2,1-4H3,(H2,45,46,53,54)/p+2. The van der Waals surface area contributed by atoms with Crippen molar-refractivity contribution in [1.29, 1.82) is 0 Å². The summed E-state index contributed by atoms with van der Waals surface area (Å²) in [4.78, 5) is 25.9. The summed E-state index contributed by atoms with van der Waals surface area (Å²) in [5, 5.41) is 25.5. The summed E-state index contributed by atoms with van der Waals surface area (Å²) in [6, 6.07) is 25.6. The number of azo groups is 2. The van der Waals surface area contributed by atoms with E-state index in [0.717, 1.165) is 21.8 Å². The van der Waals surface area contributed by atoms with E-state index >= 15 is 0 Å². The number of nitrogens with zero attached hydrogens (tertiary/aromatic N) is 6. The number of fused-ring (bicyclic) bond motifs is 2. The summed E-state index contributed by atoms with van der Waals surface area (Å²) in [6.45, 7) is 1.27. The molecule has 0 unspecified atom stereocenters. The molecule has 0 saturated heterocycles. The summed E-state index contributed by atoms with van der Waals surface area (Å²) in [5.74, 6) is 2.94. The Balaban J connectivity index is 0.945. The highest BCUT2D eigenvalue weighted by molar-refractivity contribution is 8.76. The van der Waals surface area contributed by atoms with Gasteiger partial charge in [-0.05, 0) is 12.1 Å². The topological polar surface area (TPSA) is 204 Å². The van der Waals surface area contributed by atoms with Crippen molar-refractivity contribution in [2.75, 3.05) is 64.5 Å². The van der Waals surface area contributed by atoms with Crippen LogP contribution in [0.15, 0.2) is 118 Å². The number of carbonyl (C=O) groups excluding carboxylic acids is 2. The maximum atomic E-state index is 12.9. The molecule has 2 aromatic heterocycles. The molecule has 18 heteroatoms. The number of nitrogens with two attached hydrogens (primary N) is 2. The van der Waals surface area contributed by atoms with E-state index in [2.05, 4.69) is 31.1 Å². The molecule has 0 saturated carbocycles. The van der Waals surface area contributed by atoms with Crippen LogP contribution in [0.1, 0.15) is 0 Å². The van der Waals surface area contributed by atoms with E-state index < -0.39 is 0 Å². The lowest BCUT2D eigenvalue weighted by atomic mass is 10.2. The number of nitrogen functional groups attached to an aromatic ring is 2. The van der Waals surface area contributed by atoms with E-state index in [1.165, 1.54) is 28.4 Å². The second-order valence-corrected chi connectivity index (χ2v) is 15.7.